The molecule has 0 aliphatic heterocycles. The van der Waals surface area contributed by atoms with Gasteiger partial charge in [0, 0.05) is 41.5 Å². The summed E-state index contributed by atoms with van der Waals surface area (Å²) < 4.78 is 5.84. The van der Waals surface area contributed by atoms with Crippen LogP contribution in [0.3, 0.4) is 0 Å². The highest BCUT2D eigenvalue weighted by atomic mass is 35.5. The van der Waals surface area contributed by atoms with E-state index in [9.17, 15) is 9.59 Å². The van der Waals surface area contributed by atoms with E-state index in [1.54, 1.807) is 37.4 Å². The molecule has 8 heteroatoms. The van der Waals surface area contributed by atoms with Crippen molar-refractivity contribution in [2.75, 3.05) is 13.6 Å². The number of aromatic nitrogens is 1. The van der Waals surface area contributed by atoms with Gasteiger partial charge in [0.2, 0.25) is 0 Å². The second-order valence-electron chi connectivity index (χ2n) is 6.37. The Morgan fingerprint density at radius 2 is 1.70 bits per heavy atom. The van der Waals surface area contributed by atoms with Crippen LogP contribution in [0.25, 0.3) is 0 Å². The zero-order valence-electron chi connectivity index (χ0n) is 16.1. The van der Waals surface area contributed by atoms with Crippen LogP contribution in [0, 0.1) is 0 Å². The van der Waals surface area contributed by atoms with Crippen molar-refractivity contribution in [3.05, 3.63) is 87.7 Å². The molecular weight excluding hydrogens is 425 g/mol. The van der Waals surface area contributed by atoms with Gasteiger partial charge in [-0.15, -0.1) is 0 Å². The van der Waals surface area contributed by atoms with Crippen molar-refractivity contribution in [1.82, 2.24) is 15.6 Å². The Bertz CT molecular complexity index is 1050. The van der Waals surface area contributed by atoms with Crippen LogP contribution in [0.5, 0.6) is 11.5 Å². The normalized spacial score (nSPS) is 10.4. The number of carbonyl (C=O) groups excluding carboxylic acids is 2. The lowest BCUT2D eigenvalue weighted by molar-refractivity contribution is 0.0947. The molecule has 0 fully saturated rings. The molecular formula is C22H19Cl2N3O3. The van der Waals surface area contributed by atoms with Gasteiger partial charge in [0.15, 0.2) is 0 Å². The molecule has 0 bridgehead atoms. The fourth-order valence-corrected chi connectivity index (χ4v) is 3.26. The third kappa shape index (κ3) is 5.95. The van der Waals surface area contributed by atoms with Gasteiger partial charge in [-0.25, -0.2) is 0 Å². The molecule has 3 rings (SSSR count). The molecule has 0 radical (unpaired) electrons. The molecule has 3 aromatic rings. The summed E-state index contributed by atoms with van der Waals surface area (Å²) in [7, 11) is 1.54. The van der Waals surface area contributed by atoms with Gasteiger partial charge in [0.25, 0.3) is 11.8 Å². The van der Waals surface area contributed by atoms with Crippen molar-refractivity contribution < 1.29 is 14.3 Å². The van der Waals surface area contributed by atoms with Crippen LogP contribution >= 0.6 is 23.2 Å². The van der Waals surface area contributed by atoms with Gasteiger partial charge in [0.05, 0.1) is 0 Å². The quantitative estimate of drug-likeness (QED) is 0.562. The first-order valence-corrected chi connectivity index (χ1v) is 9.89. The van der Waals surface area contributed by atoms with Crippen LogP contribution in [0.15, 0.2) is 60.8 Å². The van der Waals surface area contributed by atoms with Crippen LogP contribution in [-0.4, -0.2) is 30.4 Å². The SMILES string of the molecule is CNC(=O)c1cc(Oc2cccc(CCNC(=O)c3cc(Cl)cc(Cl)c3)c2)ccn1. The predicted octanol–water partition coefficient (Wildman–Crippen LogP) is 4.51. The average Bonchev–Trinajstić information content (AvgIpc) is 2.73. The topological polar surface area (TPSA) is 80.3 Å². The summed E-state index contributed by atoms with van der Waals surface area (Å²) in [6.45, 7) is 0.433. The lowest BCUT2D eigenvalue weighted by atomic mass is 10.1. The number of carbonyl (C=O) groups is 2. The first kappa shape index (κ1) is 21.6. The highest BCUT2D eigenvalue weighted by Gasteiger charge is 2.09. The second-order valence-corrected chi connectivity index (χ2v) is 7.24. The minimum absolute atomic E-state index is 0.245. The number of pyridine rings is 1. The molecule has 0 saturated carbocycles. The molecule has 2 N–H and O–H groups in total. The van der Waals surface area contributed by atoms with E-state index in [1.807, 2.05) is 24.3 Å². The molecule has 0 aliphatic carbocycles. The Balaban J connectivity index is 1.59. The largest absolute Gasteiger partial charge is 0.457 e. The van der Waals surface area contributed by atoms with E-state index in [2.05, 4.69) is 15.6 Å². The van der Waals surface area contributed by atoms with Crippen LogP contribution in [0.1, 0.15) is 26.4 Å². The van der Waals surface area contributed by atoms with Crippen LogP contribution in [-0.2, 0) is 6.42 Å². The Kier molecular flexibility index (Phi) is 7.27. The zero-order valence-corrected chi connectivity index (χ0v) is 17.6. The van der Waals surface area contributed by atoms with E-state index >= 15 is 0 Å². The molecule has 0 saturated heterocycles. The van der Waals surface area contributed by atoms with E-state index in [-0.39, 0.29) is 17.5 Å². The van der Waals surface area contributed by atoms with E-state index in [0.717, 1.165) is 5.56 Å². The molecule has 1 heterocycles. The Morgan fingerprint density at radius 1 is 0.967 bits per heavy atom. The maximum absolute atomic E-state index is 12.3. The monoisotopic (exact) mass is 443 g/mol. The number of hydrogen-bond acceptors (Lipinski definition) is 4. The van der Waals surface area contributed by atoms with E-state index in [1.165, 1.54) is 6.20 Å². The van der Waals surface area contributed by atoms with Crippen molar-refractivity contribution >= 4 is 35.0 Å². The summed E-state index contributed by atoms with van der Waals surface area (Å²) >= 11 is 11.9. The van der Waals surface area contributed by atoms with Gasteiger partial charge in [0.1, 0.15) is 17.2 Å². The summed E-state index contributed by atoms with van der Waals surface area (Å²) in [6, 6.07) is 15.5. The maximum Gasteiger partial charge on any atom is 0.269 e. The number of hydrogen-bond donors (Lipinski definition) is 2. The Labute approximate surface area is 184 Å². The van der Waals surface area contributed by atoms with Crippen molar-refractivity contribution in [3.63, 3.8) is 0 Å². The van der Waals surface area contributed by atoms with E-state index in [0.29, 0.717) is 40.1 Å². The molecule has 30 heavy (non-hydrogen) atoms. The third-order valence-corrected chi connectivity index (χ3v) is 4.59. The minimum atomic E-state index is -0.286. The number of rotatable bonds is 7. The van der Waals surface area contributed by atoms with Crippen LogP contribution in [0.2, 0.25) is 10.0 Å². The first-order valence-electron chi connectivity index (χ1n) is 9.14. The lowest BCUT2D eigenvalue weighted by Gasteiger charge is -2.09. The fourth-order valence-electron chi connectivity index (χ4n) is 2.73. The summed E-state index contributed by atoms with van der Waals surface area (Å²) in [4.78, 5) is 28.0. The van der Waals surface area contributed by atoms with E-state index in [4.69, 9.17) is 27.9 Å². The van der Waals surface area contributed by atoms with Crippen LogP contribution < -0.4 is 15.4 Å². The number of amides is 2. The molecule has 6 nitrogen and oxygen atoms in total. The summed E-state index contributed by atoms with van der Waals surface area (Å²) in [5.41, 5.74) is 1.67. The smallest absolute Gasteiger partial charge is 0.269 e. The highest BCUT2D eigenvalue weighted by Crippen LogP contribution is 2.23. The number of ether oxygens (including phenoxy) is 1. The minimum Gasteiger partial charge on any atom is -0.457 e. The molecule has 0 unspecified atom stereocenters. The molecule has 0 aliphatic rings. The predicted molar refractivity (Wildman–Crippen MR) is 117 cm³/mol. The molecule has 2 aromatic carbocycles. The van der Waals surface area contributed by atoms with Crippen LogP contribution in [0.4, 0.5) is 0 Å². The second kappa shape index (κ2) is 10.1. The third-order valence-electron chi connectivity index (χ3n) is 4.15. The number of benzene rings is 2. The number of halogens is 2. The van der Waals surface area contributed by atoms with E-state index < -0.39 is 0 Å². The lowest BCUT2D eigenvalue weighted by Crippen LogP contribution is -2.25. The van der Waals surface area contributed by atoms with Crippen molar-refractivity contribution in [1.29, 1.82) is 0 Å². The van der Waals surface area contributed by atoms with Gasteiger partial charge in [-0.05, 0) is 48.4 Å². The molecule has 0 spiro atoms. The summed E-state index contributed by atoms with van der Waals surface area (Å²) in [6.07, 6.45) is 2.12. The van der Waals surface area contributed by atoms with Gasteiger partial charge >= 0.3 is 0 Å². The van der Waals surface area contributed by atoms with Gasteiger partial charge < -0.3 is 15.4 Å². The van der Waals surface area contributed by atoms with Crippen molar-refractivity contribution in [2.24, 2.45) is 0 Å². The highest BCUT2D eigenvalue weighted by molar-refractivity contribution is 6.35. The fraction of sp³-hybridized carbons (Fsp3) is 0.136. The van der Waals surface area contributed by atoms with Gasteiger partial charge in [-0.2, -0.15) is 0 Å². The van der Waals surface area contributed by atoms with Gasteiger partial charge in [-0.1, -0.05) is 35.3 Å². The summed E-state index contributed by atoms with van der Waals surface area (Å²) in [5.74, 6) is 0.595. The van der Waals surface area contributed by atoms with Crippen molar-refractivity contribution in [2.45, 2.75) is 6.42 Å². The molecule has 1 aromatic heterocycles. The number of nitrogens with zero attached hydrogens (tertiary/aromatic N) is 1. The molecule has 2 amide bonds. The first-order chi connectivity index (χ1) is 14.4. The van der Waals surface area contributed by atoms with Gasteiger partial charge in [-0.3, -0.25) is 14.6 Å². The maximum atomic E-state index is 12.3. The standard InChI is InChI=1S/C22H19Cl2N3O3/c1-25-22(29)20-13-19(6-8-26-20)30-18-4-2-3-14(9-18)5-7-27-21(28)15-10-16(23)12-17(24)11-15/h2-4,6,8-13H,5,7H2,1H3,(H,25,29)(H,27,28). The molecule has 0 atom stereocenters. The molecule has 154 valence electrons. The zero-order chi connectivity index (χ0) is 21.5. The Hall–Kier alpha value is -3.09. The Morgan fingerprint density at radius 3 is 2.43 bits per heavy atom. The van der Waals surface area contributed by atoms with Crippen molar-refractivity contribution in [3.8, 4) is 11.5 Å². The number of nitrogens with one attached hydrogen (secondary N) is 2. The average molecular weight is 444 g/mol. The summed E-state index contributed by atoms with van der Waals surface area (Å²) in [5, 5.41) is 6.19.